The van der Waals surface area contributed by atoms with Crippen molar-refractivity contribution in [1.82, 2.24) is 15.0 Å². The van der Waals surface area contributed by atoms with Crippen molar-refractivity contribution in [3.05, 3.63) is 16.9 Å². The molecule has 0 saturated heterocycles. The second-order valence-electron chi connectivity index (χ2n) is 3.00. The number of rotatable bonds is 2. The molecule has 1 aromatic rings. The quantitative estimate of drug-likeness (QED) is 0.509. The molecule has 74 valence electrons. The normalized spacial score (nSPS) is 14.6. The molecule has 0 amide bonds. The first kappa shape index (κ1) is 12.3. The minimum atomic E-state index is -1.40. The molecule has 1 aliphatic carbocycles. The maximum atomic E-state index is 10.5. The van der Waals surface area contributed by atoms with Crippen molar-refractivity contribution >= 4 is 23.3 Å². The van der Waals surface area contributed by atoms with Gasteiger partial charge >= 0.3 is 18.9 Å². The van der Waals surface area contributed by atoms with Gasteiger partial charge in [0.25, 0.3) is 0 Å². The summed E-state index contributed by atoms with van der Waals surface area (Å²) >= 11 is 5.58. The summed E-state index contributed by atoms with van der Waals surface area (Å²) in [7, 11) is 0. The molecule has 15 heavy (non-hydrogen) atoms. The second-order valence-corrected chi connectivity index (χ2v) is 3.36. The van der Waals surface area contributed by atoms with Crippen LogP contribution in [0.3, 0.4) is 0 Å². The molecule has 7 heteroatoms. The van der Waals surface area contributed by atoms with Crippen molar-refractivity contribution < 1.29 is 28.8 Å². The van der Waals surface area contributed by atoms with Crippen LogP contribution >= 0.6 is 11.6 Å². The molecule has 0 N–H and O–H groups in total. The van der Waals surface area contributed by atoms with E-state index in [1.165, 1.54) is 4.80 Å². The smallest absolute Gasteiger partial charge is 0.543 e. The molecule has 0 saturated carbocycles. The van der Waals surface area contributed by atoms with Crippen molar-refractivity contribution in [2.45, 2.75) is 19.3 Å². The molecule has 0 atom stereocenters. The first-order valence-electron chi connectivity index (χ1n) is 4.22. The maximum Gasteiger partial charge on any atom is 1.00 e. The monoisotopic (exact) mass is 219 g/mol. The van der Waals surface area contributed by atoms with E-state index in [9.17, 15) is 9.90 Å². The summed E-state index contributed by atoms with van der Waals surface area (Å²) in [4.78, 5) is 11.8. The van der Waals surface area contributed by atoms with E-state index in [-0.39, 0.29) is 29.7 Å². The van der Waals surface area contributed by atoms with E-state index in [1.807, 2.05) is 6.08 Å². The Labute approximate surface area is 103 Å². The van der Waals surface area contributed by atoms with Crippen LogP contribution in [-0.4, -0.2) is 21.0 Å². The number of allylic oxidation sites excluding steroid dienone is 2. The van der Waals surface area contributed by atoms with E-state index in [2.05, 4.69) is 10.2 Å². The van der Waals surface area contributed by atoms with E-state index >= 15 is 0 Å². The Morgan fingerprint density at radius 1 is 1.53 bits per heavy atom. The van der Waals surface area contributed by atoms with E-state index in [0.717, 1.165) is 25.0 Å². The van der Waals surface area contributed by atoms with Crippen LogP contribution in [0.5, 0.6) is 0 Å². The molecule has 0 unspecified atom stereocenters. The number of nitrogens with zero attached hydrogens (tertiary/aromatic N) is 3. The minimum absolute atomic E-state index is 0. The summed E-state index contributed by atoms with van der Waals surface area (Å²) in [5, 5.41) is 17.9. The van der Waals surface area contributed by atoms with Gasteiger partial charge in [-0.2, -0.15) is 4.80 Å². The molecule has 0 fully saturated rings. The Morgan fingerprint density at radius 3 is 2.73 bits per heavy atom. The Morgan fingerprint density at radius 2 is 2.27 bits per heavy atom. The van der Waals surface area contributed by atoms with Crippen LogP contribution in [0, 0.1) is 0 Å². The van der Waals surface area contributed by atoms with Gasteiger partial charge < -0.3 is 9.90 Å². The van der Waals surface area contributed by atoms with Crippen LogP contribution in [0.1, 0.15) is 29.8 Å². The number of carbonyl (C=O) groups excluding carboxylic acids is 1. The molecule has 0 spiro atoms. The third-order valence-corrected chi connectivity index (χ3v) is 2.29. The number of hydrogen-bond donors (Lipinski definition) is 0. The average Bonchev–Trinajstić information content (AvgIpc) is 2.70. The van der Waals surface area contributed by atoms with E-state index < -0.39 is 5.97 Å². The molecule has 1 heterocycles. The maximum absolute atomic E-state index is 10.5. The topological polar surface area (TPSA) is 70.8 Å². The van der Waals surface area contributed by atoms with Crippen molar-refractivity contribution in [3.8, 4) is 0 Å². The van der Waals surface area contributed by atoms with Gasteiger partial charge in [0, 0.05) is 0 Å². The summed E-state index contributed by atoms with van der Waals surface area (Å²) in [6, 6.07) is 0. The van der Waals surface area contributed by atoms with Crippen LogP contribution in [0.15, 0.2) is 6.08 Å². The fraction of sp³-hybridized carbons (Fsp3) is 0.375. The van der Waals surface area contributed by atoms with Crippen LogP contribution < -0.4 is 24.0 Å². The van der Waals surface area contributed by atoms with Gasteiger partial charge in [-0.1, -0.05) is 17.7 Å². The van der Waals surface area contributed by atoms with E-state index in [4.69, 9.17) is 11.6 Å². The predicted octanol–water partition coefficient (Wildman–Crippen LogP) is -2.68. The number of carbonyl (C=O) groups is 1. The summed E-state index contributed by atoms with van der Waals surface area (Å²) in [5.74, 6) is -1.40. The van der Waals surface area contributed by atoms with E-state index in [0.29, 0.717) is 0 Å². The van der Waals surface area contributed by atoms with Crippen molar-refractivity contribution in [1.29, 1.82) is 0 Å². The van der Waals surface area contributed by atoms with Gasteiger partial charge in [-0.05, 0) is 19.3 Å². The Hall–Kier alpha value is -0.763. The second kappa shape index (κ2) is 4.84. The van der Waals surface area contributed by atoms with Gasteiger partial charge in [-0.15, -0.1) is 10.2 Å². The van der Waals surface area contributed by atoms with Gasteiger partial charge in [0.1, 0.15) is 5.69 Å². The summed E-state index contributed by atoms with van der Waals surface area (Å²) in [6.07, 6.45) is 4.82. The Kier molecular flexibility index (Phi) is 3.97. The number of carboxylic acid groups (broad SMARTS) is 1. The number of aromatic carboxylic acids is 1. The van der Waals surface area contributed by atoms with Gasteiger partial charge in [0.15, 0.2) is 5.15 Å². The largest absolute Gasteiger partial charge is 1.00 e. The van der Waals surface area contributed by atoms with Gasteiger partial charge in [0.2, 0.25) is 0 Å². The number of hydrogen-bond acceptors (Lipinski definition) is 4. The zero-order valence-corrected chi connectivity index (χ0v) is 8.99. The minimum Gasteiger partial charge on any atom is -0.543 e. The molecule has 1 aliphatic rings. The molecule has 0 aliphatic heterocycles. The first-order chi connectivity index (χ1) is 6.68. The third-order valence-electron chi connectivity index (χ3n) is 2.04. The first-order valence-corrected chi connectivity index (χ1v) is 4.60. The number of aromatic nitrogens is 3. The Bertz CT molecular complexity index is 416. The molecule has 0 bridgehead atoms. The molecule has 2 rings (SSSR count). The Balaban J connectivity index is 0.00000112. The number of carboxylic acids is 1. The SMILES string of the molecule is O=C([O-])c1nn(C2=CCCC2)nc1Cl.[Li+]. The standard InChI is InChI=1S/C8H8ClN3O2.Li/c9-7-6(8(13)14)10-12(11-7)5-3-1-2-4-5;/h3H,1-2,4H2,(H,13,14);/q;+1/p-1. The van der Waals surface area contributed by atoms with Gasteiger partial charge in [0.05, 0.1) is 11.7 Å². The third kappa shape index (κ3) is 2.43. The molecule has 0 radical (unpaired) electrons. The molecule has 0 aromatic carbocycles. The van der Waals surface area contributed by atoms with Gasteiger partial charge in [-0.25, -0.2) is 0 Å². The summed E-state index contributed by atoms with van der Waals surface area (Å²) < 4.78 is 0. The van der Waals surface area contributed by atoms with Crippen LogP contribution in [0.2, 0.25) is 5.15 Å². The van der Waals surface area contributed by atoms with Crippen LogP contribution in [-0.2, 0) is 0 Å². The fourth-order valence-corrected chi connectivity index (χ4v) is 1.56. The summed E-state index contributed by atoms with van der Waals surface area (Å²) in [6.45, 7) is 0. The molecular formula is C8H7ClLiN3O2. The van der Waals surface area contributed by atoms with Crippen molar-refractivity contribution in [3.63, 3.8) is 0 Å². The van der Waals surface area contributed by atoms with Gasteiger partial charge in [-0.3, -0.25) is 0 Å². The number of halogens is 1. The van der Waals surface area contributed by atoms with Crippen molar-refractivity contribution in [2.24, 2.45) is 0 Å². The van der Waals surface area contributed by atoms with E-state index in [1.54, 1.807) is 0 Å². The summed E-state index contributed by atoms with van der Waals surface area (Å²) in [5.41, 5.74) is 0.582. The fourth-order valence-electron chi connectivity index (χ4n) is 1.38. The van der Waals surface area contributed by atoms with Crippen molar-refractivity contribution in [2.75, 3.05) is 0 Å². The zero-order valence-electron chi connectivity index (χ0n) is 8.23. The molecular weight excluding hydrogens is 213 g/mol. The zero-order chi connectivity index (χ0) is 10.1. The van der Waals surface area contributed by atoms with Crippen LogP contribution in [0.25, 0.3) is 5.70 Å². The predicted molar refractivity (Wildman–Crippen MR) is 47.5 cm³/mol. The molecule has 1 aromatic heterocycles. The average molecular weight is 220 g/mol. The van der Waals surface area contributed by atoms with Crippen LogP contribution in [0.4, 0.5) is 0 Å². The molecule has 5 nitrogen and oxygen atoms in total.